The van der Waals surface area contributed by atoms with Crippen molar-refractivity contribution in [1.29, 1.82) is 0 Å². The molecule has 70 valence electrons. The Morgan fingerprint density at radius 1 is 1.17 bits per heavy atom. The molecule has 1 atom stereocenters. The number of rotatable bonds is 2. The van der Waals surface area contributed by atoms with E-state index in [-0.39, 0.29) is 6.10 Å². The van der Waals surface area contributed by atoms with Crippen molar-refractivity contribution in [3.8, 4) is 0 Å². The van der Waals surface area contributed by atoms with Crippen molar-refractivity contribution < 1.29 is 5.11 Å². The zero-order valence-corrected chi connectivity index (χ0v) is 8.59. The summed E-state index contributed by atoms with van der Waals surface area (Å²) < 4.78 is 0. The second kappa shape index (κ2) is 3.61. The Morgan fingerprint density at radius 3 is 2.08 bits per heavy atom. The molecule has 1 unspecified atom stereocenters. The van der Waals surface area contributed by atoms with Gasteiger partial charge in [0.25, 0.3) is 0 Å². The molecule has 0 aromatic heterocycles. The monoisotopic (exact) mass is 168 g/mol. The lowest BCUT2D eigenvalue weighted by Gasteiger charge is -2.16. The van der Waals surface area contributed by atoms with Crippen LogP contribution in [0, 0.1) is 11.8 Å². The van der Waals surface area contributed by atoms with E-state index in [1.165, 1.54) is 11.1 Å². The Bertz CT molecular complexity index is 189. The van der Waals surface area contributed by atoms with Crippen LogP contribution in [0.3, 0.4) is 0 Å². The summed E-state index contributed by atoms with van der Waals surface area (Å²) in [5.74, 6) is 1.12. The van der Waals surface area contributed by atoms with Crippen LogP contribution >= 0.6 is 0 Å². The Hall–Kier alpha value is -0.300. The highest BCUT2D eigenvalue weighted by molar-refractivity contribution is 5.26. The van der Waals surface area contributed by atoms with Crippen LogP contribution in [0.2, 0.25) is 0 Å². The minimum Gasteiger partial charge on any atom is -0.389 e. The van der Waals surface area contributed by atoms with E-state index in [1.54, 1.807) is 0 Å². The van der Waals surface area contributed by atoms with Gasteiger partial charge in [-0.3, -0.25) is 0 Å². The number of hydrogen-bond donors (Lipinski definition) is 1. The van der Waals surface area contributed by atoms with Gasteiger partial charge in [0.05, 0.1) is 6.10 Å². The fraction of sp³-hybridized carbons (Fsp3) is 0.818. The molecule has 0 radical (unpaired) electrons. The van der Waals surface area contributed by atoms with Crippen molar-refractivity contribution in [2.24, 2.45) is 11.8 Å². The van der Waals surface area contributed by atoms with Crippen LogP contribution in [0.1, 0.15) is 40.5 Å². The van der Waals surface area contributed by atoms with Gasteiger partial charge < -0.3 is 5.11 Å². The molecule has 1 aliphatic rings. The molecule has 1 aliphatic carbocycles. The second-order valence-corrected chi connectivity index (χ2v) is 4.34. The van der Waals surface area contributed by atoms with Crippen LogP contribution in [0.4, 0.5) is 0 Å². The SMILES string of the molecule is CC(C)C1=C(C(C)C)C(O)CC1. The molecule has 0 bridgehead atoms. The van der Waals surface area contributed by atoms with Gasteiger partial charge in [-0.25, -0.2) is 0 Å². The maximum atomic E-state index is 9.72. The van der Waals surface area contributed by atoms with Gasteiger partial charge in [0.1, 0.15) is 0 Å². The summed E-state index contributed by atoms with van der Waals surface area (Å²) in [7, 11) is 0. The molecule has 1 nitrogen and oxygen atoms in total. The molecular formula is C11H20O. The highest BCUT2D eigenvalue weighted by Crippen LogP contribution is 2.35. The summed E-state index contributed by atoms with van der Waals surface area (Å²) in [6, 6.07) is 0. The molecule has 0 saturated carbocycles. The van der Waals surface area contributed by atoms with Crippen molar-refractivity contribution in [2.75, 3.05) is 0 Å². The minimum absolute atomic E-state index is 0.151. The van der Waals surface area contributed by atoms with E-state index in [4.69, 9.17) is 0 Å². The molecule has 1 heteroatoms. The van der Waals surface area contributed by atoms with Crippen molar-refractivity contribution in [3.63, 3.8) is 0 Å². The third kappa shape index (κ3) is 1.71. The van der Waals surface area contributed by atoms with Crippen LogP contribution < -0.4 is 0 Å². The van der Waals surface area contributed by atoms with Gasteiger partial charge in [-0.15, -0.1) is 0 Å². The first-order valence-electron chi connectivity index (χ1n) is 4.95. The topological polar surface area (TPSA) is 20.2 Å². The molecule has 0 fully saturated rings. The maximum absolute atomic E-state index is 9.72. The van der Waals surface area contributed by atoms with E-state index in [0.29, 0.717) is 11.8 Å². The summed E-state index contributed by atoms with van der Waals surface area (Å²) in [6.07, 6.45) is 1.90. The van der Waals surface area contributed by atoms with E-state index < -0.39 is 0 Å². The van der Waals surface area contributed by atoms with Gasteiger partial charge in [0.15, 0.2) is 0 Å². The van der Waals surface area contributed by atoms with Crippen LogP contribution in [-0.4, -0.2) is 11.2 Å². The summed E-state index contributed by atoms with van der Waals surface area (Å²) in [5, 5.41) is 9.72. The molecule has 1 rings (SSSR count). The van der Waals surface area contributed by atoms with Gasteiger partial charge in [-0.2, -0.15) is 0 Å². The number of aliphatic hydroxyl groups is 1. The summed E-state index contributed by atoms with van der Waals surface area (Å²) in [5.41, 5.74) is 2.81. The highest BCUT2D eigenvalue weighted by atomic mass is 16.3. The molecule has 0 aliphatic heterocycles. The fourth-order valence-electron chi connectivity index (χ4n) is 2.18. The van der Waals surface area contributed by atoms with Gasteiger partial charge in [-0.1, -0.05) is 33.3 Å². The van der Waals surface area contributed by atoms with Crippen molar-refractivity contribution in [3.05, 3.63) is 11.1 Å². The molecule has 1 N–H and O–H groups in total. The van der Waals surface area contributed by atoms with E-state index in [1.807, 2.05) is 0 Å². The molecule has 0 spiro atoms. The molecule has 0 aromatic rings. The first-order chi connectivity index (χ1) is 5.54. The van der Waals surface area contributed by atoms with Gasteiger partial charge >= 0.3 is 0 Å². The predicted octanol–water partition coefficient (Wildman–Crippen LogP) is 2.75. The van der Waals surface area contributed by atoms with Gasteiger partial charge in [0, 0.05) is 0 Å². The first-order valence-corrected chi connectivity index (χ1v) is 4.95. The molecular weight excluding hydrogens is 148 g/mol. The standard InChI is InChI=1S/C11H20O/c1-7(2)9-5-6-10(12)11(9)8(3)4/h7-8,10,12H,5-6H2,1-4H3. The van der Waals surface area contributed by atoms with E-state index >= 15 is 0 Å². The van der Waals surface area contributed by atoms with Gasteiger partial charge in [0.2, 0.25) is 0 Å². The quantitative estimate of drug-likeness (QED) is 0.629. The fourth-order valence-corrected chi connectivity index (χ4v) is 2.18. The van der Waals surface area contributed by atoms with Crippen LogP contribution in [0.25, 0.3) is 0 Å². The average Bonchev–Trinajstić information content (AvgIpc) is 2.30. The summed E-state index contributed by atoms with van der Waals surface area (Å²) in [6.45, 7) is 8.78. The second-order valence-electron chi connectivity index (χ2n) is 4.34. The lowest BCUT2D eigenvalue weighted by Crippen LogP contribution is -2.11. The summed E-state index contributed by atoms with van der Waals surface area (Å²) >= 11 is 0. The molecule has 0 saturated heterocycles. The minimum atomic E-state index is -0.151. The van der Waals surface area contributed by atoms with Crippen LogP contribution in [0.5, 0.6) is 0 Å². The smallest absolute Gasteiger partial charge is 0.0758 e. The Balaban J connectivity index is 2.90. The predicted molar refractivity (Wildman–Crippen MR) is 51.9 cm³/mol. The summed E-state index contributed by atoms with van der Waals surface area (Å²) in [4.78, 5) is 0. The van der Waals surface area contributed by atoms with Crippen molar-refractivity contribution in [2.45, 2.75) is 46.6 Å². The van der Waals surface area contributed by atoms with Crippen molar-refractivity contribution >= 4 is 0 Å². The van der Waals surface area contributed by atoms with Crippen LogP contribution in [0.15, 0.2) is 11.1 Å². The third-order valence-corrected chi connectivity index (χ3v) is 2.74. The highest BCUT2D eigenvalue weighted by Gasteiger charge is 2.26. The average molecular weight is 168 g/mol. The van der Waals surface area contributed by atoms with E-state index in [0.717, 1.165) is 12.8 Å². The molecule has 0 heterocycles. The zero-order chi connectivity index (χ0) is 9.30. The number of aliphatic hydroxyl groups excluding tert-OH is 1. The normalized spacial score (nSPS) is 24.8. The molecule has 12 heavy (non-hydrogen) atoms. The Labute approximate surface area is 75.5 Å². The maximum Gasteiger partial charge on any atom is 0.0758 e. The third-order valence-electron chi connectivity index (χ3n) is 2.74. The Kier molecular flexibility index (Phi) is 2.94. The lowest BCUT2D eigenvalue weighted by molar-refractivity contribution is 0.202. The number of hydrogen-bond acceptors (Lipinski definition) is 1. The van der Waals surface area contributed by atoms with Crippen LogP contribution in [-0.2, 0) is 0 Å². The van der Waals surface area contributed by atoms with E-state index in [9.17, 15) is 5.11 Å². The Morgan fingerprint density at radius 2 is 1.75 bits per heavy atom. The van der Waals surface area contributed by atoms with Crippen molar-refractivity contribution in [1.82, 2.24) is 0 Å². The zero-order valence-electron chi connectivity index (χ0n) is 8.59. The molecule has 0 aromatic carbocycles. The largest absolute Gasteiger partial charge is 0.389 e. The van der Waals surface area contributed by atoms with Gasteiger partial charge in [-0.05, 0) is 30.3 Å². The molecule has 0 amide bonds. The number of allylic oxidation sites excluding steroid dienone is 1. The van der Waals surface area contributed by atoms with E-state index in [2.05, 4.69) is 27.7 Å². The lowest BCUT2D eigenvalue weighted by atomic mass is 9.92. The first kappa shape index (κ1) is 9.79.